The van der Waals surface area contributed by atoms with Crippen LogP contribution in [0.2, 0.25) is 0 Å². The molecule has 1 heterocycles. The second-order valence-corrected chi connectivity index (χ2v) is 3.83. The smallest absolute Gasteiger partial charge is 0.225 e. The number of aryl methyl sites for hydroxylation is 1. The third kappa shape index (κ3) is 2.78. The van der Waals surface area contributed by atoms with Gasteiger partial charge in [-0.1, -0.05) is 41.7 Å². The summed E-state index contributed by atoms with van der Waals surface area (Å²) in [6.45, 7) is 3.12. The molecule has 0 atom stereocenters. The van der Waals surface area contributed by atoms with Gasteiger partial charge in [-0.2, -0.15) is 4.57 Å². The predicted molar refractivity (Wildman–Crippen MR) is 54.8 cm³/mol. The van der Waals surface area contributed by atoms with Crippen LogP contribution in [0, 0.1) is 6.92 Å². The summed E-state index contributed by atoms with van der Waals surface area (Å²) in [6, 6.07) is 10.5. The van der Waals surface area contributed by atoms with E-state index < -0.39 is 0 Å². The third-order valence-electron chi connectivity index (χ3n) is 2.08. The van der Waals surface area contributed by atoms with E-state index in [-0.39, 0.29) is 24.0 Å². The number of rotatable bonds is 2. The summed E-state index contributed by atoms with van der Waals surface area (Å²) in [4.78, 5) is 0. The number of hydrogen-bond acceptors (Lipinski definition) is 1. The van der Waals surface area contributed by atoms with Crippen LogP contribution in [0.25, 0.3) is 0 Å². The summed E-state index contributed by atoms with van der Waals surface area (Å²) in [5.41, 5.74) is 4.84. The van der Waals surface area contributed by atoms with E-state index in [0.717, 1.165) is 6.54 Å². The van der Waals surface area contributed by atoms with Gasteiger partial charge in [0.2, 0.25) is 5.51 Å². The molecule has 0 saturated heterocycles. The van der Waals surface area contributed by atoms with Crippen molar-refractivity contribution in [2.24, 2.45) is 0 Å². The van der Waals surface area contributed by atoms with Crippen molar-refractivity contribution in [2.75, 3.05) is 0 Å². The Labute approximate surface area is 105 Å². The number of thiazole rings is 1. The van der Waals surface area contributed by atoms with Crippen LogP contribution >= 0.6 is 11.3 Å². The molecule has 14 heavy (non-hydrogen) atoms. The zero-order valence-electron chi connectivity index (χ0n) is 7.98. The van der Waals surface area contributed by atoms with E-state index in [1.165, 1.54) is 11.3 Å². The summed E-state index contributed by atoms with van der Waals surface area (Å²) in [5.74, 6) is 0. The van der Waals surface area contributed by atoms with Crippen LogP contribution in [0.5, 0.6) is 0 Å². The molecule has 2 aromatic rings. The number of nitrogens with zero attached hydrogens (tertiary/aromatic N) is 1. The van der Waals surface area contributed by atoms with Crippen molar-refractivity contribution in [2.45, 2.75) is 13.5 Å². The summed E-state index contributed by atoms with van der Waals surface area (Å²) in [7, 11) is 0. The molecule has 0 fully saturated rings. The van der Waals surface area contributed by atoms with Crippen molar-refractivity contribution in [3.63, 3.8) is 0 Å². The van der Waals surface area contributed by atoms with Gasteiger partial charge in [-0.15, -0.1) is 0 Å². The largest absolute Gasteiger partial charge is 1.00 e. The first-order chi connectivity index (χ1) is 6.36. The van der Waals surface area contributed by atoms with Gasteiger partial charge in [-0.3, -0.25) is 0 Å². The Kier molecular flexibility index (Phi) is 4.54. The van der Waals surface area contributed by atoms with E-state index in [9.17, 15) is 0 Å². The minimum atomic E-state index is 0. The summed E-state index contributed by atoms with van der Waals surface area (Å²) in [6.07, 6.45) is 0. The predicted octanol–water partition coefficient (Wildman–Crippen LogP) is -0.604. The van der Waals surface area contributed by atoms with E-state index in [0.29, 0.717) is 0 Å². The molecular weight excluding hydrogens is 305 g/mol. The van der Waals surface area contributed by atoms with E-state index in [2.05, 4.69) is 52.7 Å². The molecule has 3 heteroatoms. The molecule has 1 aromatic heterocycles. The van der Waals surface area contributed by atoms with Gasteiger partial charge < -0.3 is 24.0 Å². The van der Waals surface area contributed by atoms with Crippen molar-refractivity contribution in [3.8, 4) is 0 Å². The lowest BCUT2D eigenvalue weighted by atomic mass is 10.2. The van der Waals surface area contributed by atoms with Crippen LogP contribution in [0.4, 0.5) is 0 Å². The topological polar surface area (TPSA) is 3.88 Å². The first kappa shape index (κ1) is 11.7. The van der Waals surface area contributed by atoms with E-state index in [4.69, 9.17) is 0 Å². The van der Waals surface area contributed by atoms with E-state index >= 15 is 0 Å². The summed E-state index contributed by atoms with van der Waals surface area (Å²) >= 11 is 1.75. The lowest BCUT2D eigenvalue weighted by Gasteiger charge is -1.95. The zero-order chi connectivity index (χ0) is 9.10. The van der Waals surface area contributed by atoms with Crippen LogP contribution in [-0.2, 0) is 6.54 Å². The summed E-state index contributed by atoms with van der Waals surface area (Å²) in [5, 5.41) is 2.17. The minimum absolute atomic E-state index is 0. The van der Waals surface area contributed by atoms with Gasteiger partial charge in [0.1, 0.15) is 0 Å². The van der Waals surface area contributed by atoms with Gasteiger partial charge in [0.15, 0.2) is 12.2 Å². The lowest BCUT2D eigenvalue weighted by Crippen LogP contribution is -3.00. The Hall–Kier alpha value is -0.420. The maximum atomic E-state index is 2.26. The fourth-order valence-electron chi connectivity index (χ4n) is 1.30. The molecule has 0 aliphatic heterocycles. The quantitative estimate of drug-likeness (QED) is 0.514. The van der Waals surface area contributed by atoms with Crippen LogP contribution in [0.15, 0.2) is 41.2 Å². The van der Waals surface area contributed by atoms with Crippen LogP contribution in [-0.4, -0.2) is 0 Å². The van der Waals surface area contributed by atoms with Crippen LogP contribution < -0.4 is 28.5 Å². The van der Waals surface area contributed by atoms with E-state index in [1.54, 1.807) is 11.3 Å². The third-order valence-corrected chi connectivity index (χ3v) is 2.93. The second-order valence-electron chi connectivity index (χ2n) is 3.11. The number of halogens is 1. The molecule has 2 rings (SSSR count). The van der Waals surface area contributed by atoms with Crippen LogP contribution in [0.1, 0.15) is 11.3 Å². The molecule has 0 aliphatic rings. The molecule has 1 aromatic carbocycles. The lowest BCUT2D eigenvalue weighted by molar-refractivity contribution is -0.689. The fraction of sp³-hybridized carbons (Fsp3) is 0.182. The Bertz CT molecular complexity index is 383. The highest BCUT2D eigenvalue weighted by molar-refractivity contribution is 7.07. The molecular formula is C11H12INS. The highest BCUT2D eigenvalue weighted by Gasteiger charge is 2.06. The Morgan fingerprint density at radius 2 is 1.93 bits per heavy atom. The highest BCUT2D eigenvalue weighted by Crippen LogP contribution is 2.01. The molecule has 0 radical (unpaired) electrons. The van der Waals surface area contributed by atoms with Crippen molar-refractivity contribution < 1.29 is 28.5 Å². The Balaban J connectivity index is 0.000000980. The zero-order valence-corrected chi connectivity index (χ0v) is 11.0. The SMILES string of the molecule is Cc1csc[n+]1Cc1ccccc1.[I-]. The van der Waals surface area contributed by atoms with Gasteiger partial charge in [0.25, 0.3) is 0 Å². The Morgan fingerprint density at radius 1 is 1.21 bits per heavy atom. The molecule has 1 nitrogen and oxygen atoms in total. The average molecular weight is 317 g/mol. The van der Waals surface area contributed by atoms with Crippen molar-refractivity contribution in [1.82, 2.24) is 0 Å². The van der Waals surface area contributed by atoms with Crippen LogP contribution in [0.3, 0.4) is 0 Å². The molecule has 0 aliphatic carbocycles. The van der Waals surface area contributed by atoms with Gasteiger partial charge >= 0.3 is 0 Å². The second kappa shape index (κ2) is 5.46. The number of hydrogen-bond donors (Lipinski definition) is 0. The molecule has 0 saturated carbocycles. The molecule has 0 amide bonds. The summed E-state index contributed by atoms with van der Waals surface area (Å²) < 4.78 is 2.26. The molecule has 0 unspecified atom stereocenters. The first-order valence-corrected chi connectivity index (χ1v) is 5.27. The van der Waals surface area contributed by atoms with Gasteiger partial charge in [-0.25, -0.2) is 0 Å². The molecule has 0 N–H and O–H groups in total. The number of aromatic nitrogens is 1. The van der Waals surface area contributed by atoms with Crippen molar-refractivity contribution in [1.29, 1.82) is 0 Å². The van der Waals surface area contributed by atoms with E-state index in [1.807, 2.05) is 0 Å². The highest BCUT2D eigenvalue weighted by atomic mass is 127. The van der Waals surface area contributed by atoms with Gasteiger partial charge in [-0.05, 0) is 0 Å². The van der Waals surface area contributed by atoms with Crippen molar-refractivity contribution in [3.05, 3.63) is 52.5 Å². The van der Waals surface area contributed by atoms with Crippen molar-refractivity contribution >= 4 is 11.3 Å². The standard InChI is InChI=1S/C11H12NS.HI/c1-10-8-13-9-12(10)7-11-5-3-2-4-6-11;/h2-6,8-9H,7H2,1H3;1H/q+1;/p-1. The normalized spacial score (nSPS) is 9.50. The average Bonchev–Trinajstić information content (AvgIpc) is 2.54. The molecule has 0 spiro atoms. The number of benzene rings is 1. The van der Waals surface area contributed by atoms with Gasteiger partial charge in [0.05, 0.1) is 5.38 Å². The fourth-order valence-corrected chi connectivity index (χ4v) is 2.08. The maximum Gasteiger partial charge on any atom is 0.225 e. The first-order valence-electron chi connectivity index (χ1n) is 4.32. The van der Waals surface area contributed by atoms with Gasteiger partial charge in [0, 0.05) is 12.5 Å². The minimum Gasteiger partial charge on any atom is -1.00 e. The maximum absolute atomic E-state index is 2.26. The molecule has 0 bridgehead atoms. The molecule has 74 valence electrons. The Morgan fingerprint density at radius 3 is 2.50 bits per heavy atom. The monoisotopic (exact) mass is 317 g/mol.